The Labute approximate surface area is 88.5 Å². The predicted octanol–water partition coefficient (Wildman–Crippen LogP) is 3.09. The van der Waals surface area contributed by atoms with Crippen LogP contribution in [0.4, 0.5) is 8.78 Å². The van der Waals surface area contributed by atoms with E-state index in [4.69, 9.17) is 0 Å². The summed E-state index contributed by atoms with van der Waals surface area (Å²) in [6.07, 6.45) is -1.33. The van der Waals surface area contributed by atoms with Crippen molar-refractivity contribution in [3.05, 3.63) is 35.4 Å². The fourth-order valence-corrected chi connectivity index (χ4v) is 2.14. The summed E-state index contributed by atoms with van der Waals surface area (Å²) in [6.45, 7) is 3.02. The van der Waals surface area contributed by atoms with Crippen molar-refractivity contribution in [2.75, 3.05) is 6.54 Å². The summed E-state index contributed by atoms with van der Waals surface area (Å²) in [5, 5.41) is 3.33. The maximum absolute atomic E-state index is 12.5. The monoisotopic (exact) mass is 211 g/mol. The van der Waals surface area contributed by atoms with Gasteiger partial charge in [0, 0.05) is 18.2 Å². The minimum Gasteiger partial charge on any atom is -0.314 e. The van der Waals surface area contributed by atoms with Crippen molar-refractivity contribution in [2.45, 2.75) is 31.7 Å². The number of nitrogens with one attached hydrogen (secondary N) is 1. The Balaban J connectivity index is 2.18. The Bertz CT molecular complexity index is 338. The molecule has 1 aromatic rings. The third kappa shape index (κ3) is 2.34. The average molecular weight is 211 g/mol. The molecule has 2 rings (SSSR count). The van der Waals surface area contributed by atoms with Gasteiger partial charge in [0.1, 0.15) is 0 Å². The predicted molar refractivity (Wildman–Crippen MR) is 56.2 cm³/mol. The zero-order valence-corrected chi connectivity index (χ0v) is 8.71. The molecule has 0 spiro atoms. The highest BCUT2D eigenvalue weighted by atomic mass is 19.3. The van der Waals surface area contributed by atoms with Crippen LogP contribution in [0.5, 0.6) is 0 Å². The molecule has 1 N–H and O–H groups in total. The maximum atomic E-state index is 12.5. The summed E-state index contributed by atoms with van der Waals surface area (Å²) in [6, 6.07) is 7.27. The van der Waals surface area contributed by atoms with E-state index in [-0.39, 0.29) is 5.56 Å². The van der Waals surface area contributed by atoms with Crippen LogP contribution >= 0.6 is 0 Å². The van der Waals surface area contributed by atoms with E-state index in [0.29, 0.717) is 12.0 Å². The van der Waals surface area contributed by atoms with E-state index in [2.05, 4.69) is 12.2 Å². The largest absolute Gasteiger partial charge is 0.314 e. The standard InChI is InChI=1S/C12H15F2N/c1-8-5-11(7-15-8)9-3-2-4-10(6-9)12(13)14/h2-4,6,8,11-12,15H,5,7H2,1H3. The topological polar surface area (TPSA) is 12.0 Å². The van der Waals surface area contributed by atoms with E-state index in [0.717, 1.165) is 18.5 Å². The first kappa shape index (κ1) is 10.6. The van der Waals surface area contributed by atoms with Gasteiger partial charge in [-0.25, -0.2) is 8.78 Å². The Morgan fingerprint density at radius 2 is 2.20 bits per heavy atom. The van der Waals surface area contributed by atoms with Crippen molar-refractivity contribution in [1.29, 1.82) is 0 Å². The van der Waals surface area contributed by atoms with E-state index >= 15 is 0 Å². The van der Waals surface area contributed by atoms with Gasteiger partial charge in [-0.3, -0.25) is 0 Å². The third-order valence-corrected chi connectivity index (χ3v) is 2.98. The van der Waals surface area contributed by atoms with Crippen LogP contribution in [0.25, 0.3) is 0 Å². The molecule has 2 unspecified atom stereocenters. The van der Waals surface area contributed by atoms with Crippen LogP contribution in [0, 0.1) is 0 Å². The molecule has 0 aromatic heterocycles. The molecule has 0 aliphatic carbocycles. The lowest BCUT2D eigenvalue weighted by Gasteiger charge is -2.10. The minimum atomic E-state index is -2.36. The summed E-state index contributed by atoms with van der Waals surface area (Å²) >= 11 is 0. The quantitative estimate of drug-likeness (QED) is 0.792. The molecule has 1 heterocycles. The average Bonchev–Trinajstić information content (AvgIpc) is 2.65. The Hall–Kier alpha value is -0.960. The number of hydrogen-bond donors (Lipinski definition) is 1. The second-order valence-corrected chi connectivity index (χ2v) is 4.21. The molecule has 82 valence electrons. The number of alkyl halides is 2. The first-order valence-corrected chi connectivity index (χ1v) is 5.28. The zero-order chi connectivity index (χ0) is 10.8. The second kappa shape index (κ2) is 4.27. The fraction of sp³-hybridized carbons (Fsp3) is 0.500. The summed E-state index contributed by atoms with van der Waals surface area (Å²) in [4.78, 5) is 0. The van der Waals surface area contributed by atoms with Crippen LogP contribution in [0.1, 0.15) is 36.8 Å². The van der Waals surface area contributed by atoms with Crippen LogP contribution in [-0.2, 0) is 0 Å². The van der Waals surface area contributed by atoms with Crippen LogP contribution in [0.2, 0.25) is 0 Å². The fourth-order valence-electron chi connectivity index (χ4n) is 2.14. The Morgan fingerprint density at radius 3 is 2.80 bits per heavy atom. The maximum Gasteiger partial charge on any atom is 0.263 e. The lowest BCUT2D eigenvalue weighted by molar-refractivity contribution is 0.151. The van der Waals surface area contributed by atoms with Gasteiger partial charge >= 0.3 is 0 Å². The number of rotatable bonds is 2. The van der Waals surface area contributed by atoms with E-state index in [9.17, 15) is 8.78 Å². The molecular formula is C12H15F2N. The highest BCUT2D eigenvalue weighted by Crippen LogP contribution is 2.28. The lowest BCUT2D eigenvalue weighted by Crippen LogP contribution is -2.16. The summed E-state index contributed by atoms with van der Waals surface area (Å²) in [7, 11) is 0. The van der Waals surface area contributed by atoms with E-state index in [1.807, 2.05) is 6.07 Å². The number of hydrogen-bond acceptors (Lipinski definition) is 1. The van der Waals surface area contributed by atoms with Gasteiger partial charge in [-0.15, -0.1) is 0 Å². The van der Waals surface area contributed by atoms with Crippen molar-refractivity contribution in [1.82, 2.24) is 5.32 Å². The van der Waals surface area contributed by atoms with Crippen LogP contribution in [-0.4, -0.2) is 12.6 Å². The molecule has 1 aromatic carbocycles. The van der Waals surface area contributed by atoms with Gasteiger partial charge in [0.15, 0.2) is 0 Å². The van der Waals surface area contributed by atoms with Gasteiger partial charge in [-0.2, -0.15) is 0 Å². The van der Waals surface area contributed by atoms with Gasteiger partial charge in [0.2, 0.25) is 0 Å². The Kier molecular flexibility index (Phi) is 3.00. The van der Waals surface area contributed by atoms with Crippen LogP contribution in [0.15, 0.2) is 24.3 Å². The normalized spacial score (nSPS) is 26.1. The second-order valence-electron chi connectivity index (χ2n) is 4.21. The molecule has 1 nitrogen and oxygen atoms in total. The van der Waals surface area contributed by atoms with Crippen LogP contribution in [0.3, 0.4) is 0 Å². The van der Waals surface area contributed by atoms with Crippen molar-refractivity contribution in [3.63, 3.8) is 0 Å². The molecule has 0 bridgehead atoms. The number of benzene rings is 1. The van der Waals surface area contributed by atoms with Gasteiger partial charge in [0.05, 0.1) is 0 Å². The third-order valence-electron chi connectivity index (χ3n) is 2.98. The zero-order valence-electron chi connectivity index (χ0n) is 8.71. The number of halogens is 2. The molecule has 2 atom stereocenters. The molecule has 0 amide bonds. The van der Waals surface area contributed by atoms with Crippen molar-refractivity contribution in [2.24, 2.45) is 0 Å². The van der Waals surface area contributed by atoms with Crippen molar-refractivity contribution in [3.8, 4) is 0 Å². The summed E-state index contributed by atoms with van der Waals surface area (Å²) in [5.41, 5.74) is 1.16. The van der Waals surface area contributed by atoms with E-state index < -0.39 is 6.43 Å². The van der Waals surface area contributed by atoms with Gasteiger partial charge in [-0.1, -0.05) is 18.2 Å². The van der Waals surface area contributed by atoms with Crippen molar-refractivity contribution >= 4 is 0 Å². The van der Waals surface area contributed by atoms with Crippen molar-refractivity contribution < 1.29 is 8.78 Å². The molecule has 0 radical (unpaired) electrons. The lowest BCUT2D eigenvalue weighted by atomic mass is 9.95. The van der Waals surface area contributed by atoms with Gasteiger partial charge in [0.25, 0.3) is 6.43 Å². The molecule has 3 heteroatoms. The first-order valence-electron chi connectivity index (χ1n) is 5.28. The highest BCUT2D eigenvalue weighted by molar-refractivity contribution is 5.28. The molecule has 15 heavy (non-hydrogen) atoms. The Morgan fingerprint density at radius 1 is 1.40 bits per heavy atom. The summed E-state index contributed by atoms with van der Waals surface area (Å²) < 4.78 is 25.0. The minimum absolute atomic E-state index is 0.132. The van der Waals surface area contributed by atoms with Crippen LogP contribution < -0.4 is 5.32 Å². The van der Waals surface area contributed by atoms with Gasteiger partial charge < -0.3 is 5.32 Å². The van der Waals surface area contributed by atoms with E-state index in [1.165, 1.54) is 6.07 Å². The summed E-state index contributed by atoms with van der Waals surface area (Å²) in [5.74, 6) is 0.388. The molecule has 1 aliphatic heterocycles. The molecule has 1 aliphatic rings. The van der Waals surface area contributed by atoms with E-state index in [1.54, 1.807) is 12.1 Å². The SMILES string of the molecule is CC1CC(c2cccc(C(F)F)c2)CN1. The first-order chi connectivity index (χ1) is 7.16. The molecule has 1 saturated heterocycles. The smallest absolute Gasteiger partial charge is 0.263 e. The molecular weight excluding hydrogens is 196 g/mol. The van der Waals surface area contributed by atoms with Gasteiger partial charge in [-0.05, 0) is 30.9 Å². The molecule has 0 saturated carbocycles. The highest BCUT2D eigenvalue weighted by Gasteiger charge is 2.22. The molecule has 1 fully saturated rings.